The van der Waals surface area contributed by atoms with Gasteiger partial charge in [-0.05, 0) is 24.5 Å². The lowest BCUT2D eigenvalue weighted by molar-refractivity contribution is -0.145. The quantitative estimate of drug-likeness (QED) is 0.225. The number of ether oxygens (including phenoxy) is 1. The zero-order valence-electron chi connectivity index (χ0n) is 17.2. The van der Waals surface area contributed by atoms with Crippen LogP contribution in [0.5, 0.6) is 0 Å². The number of unbranched alkanes of at least 4 members (excludes halogenated alkanes) is 12. The Hall–Kier alpha value is -1.31. The van der Waals surface area contributed by atoms with Gasteiger partial charge >= 0.3 is 5.97 Å². The molecule has 1 rings (SSSR count). The summed E-state index contributed by atoms with van der Waals surface area (Å²) in [6.07, 6.45) is 17.8. The molecule has 0 N–H and O–H groups in total. The van der Waals surface area contributed by atoms with E-state index in [0.717, 1.165) is 18.4 Å². The van der Waals surface area contributed by atoms with E-state index in [1.165, 1.54) is 76.2 Å². The number of rotatable bonds is 16. The largest absolute Gasteiger partial charge is 0.461 e. The van der Waals surface area contributed by atoms with Gasteiger partial charge in [0.25, 0.3) is 0 Å². The molecule has 0 radical (unpaired) electrons. The van der Waals surface area contributed by atoms with E-state index in [1.807, 2.05) is 18.2 Å². The van der Waals surface area contributed by atoms with Gasteiger partial charge in [0, 0.05) is 6.42 Å². The molecule has 0 aliphatic rings. The van der Waals surface area contributed by atoms with Crippen molar-refractivity contribution in [3.05, 3.63) is 35.4 Å². The van der Waals surface area contributed by atoms with Crippen LogP contribution < -0.4 is 0 Å². The molecule has 0 aliphatic heterocycles. The standard InChI is InChI=1S/C24H40O2/c1-3-4-5-6-7-8-9-10-11-12-13-14-15-20-24(25)26-21-23-19-17-16-18-22(23)2/h16-19H,3-15,20-21H2,1-2H3. The van der Waals surface area contributed by atoms with Crippen molar-refractivity contribution in [3.63, 3.8) is 0 Å². The predicted molar refractivity (Wildman–Crippen MR) is 111 cm³/mol. The lowest BCUT2D eigenvalue weighted by atomic mass is 10.0. The van der Waals surface area contributed by atoms with Crippen LogP contribution in [0, 0.1) is 6.92 Å². The molecule has 0 spiro atoms. The molecule has 0 atom stereocenters. The van der Waals surface area contributed by atoms with Gasteiger partial charge in [0.2, 0.25) is 0 Å². The molecule has 0 amide bonds. The molecule has 0 fully saturated rings. The third-order valence-electron chi connectivity index (χ3n) is 5.13. The van der Waals surface area contributed by atoms with E-state index >= 15 is 0 Å². The fourth-order valence-electron chi connectivity index (χ4n) is 3.29. The first-order valence-electron chi connectivity index (χ1n) is 10.9. The van der Waals surface area contributed by atoms with Crippen LogP contribution in [0.3, 0.4) is 0 Å². The Morgan fingerprint density at radius 2 is 1.27 bits per heavy atom. The van der Waals surface area contributed by atoms with Gasteiger partial charge in [-0.3, -0.25) is 4.79 Å². The van der Waals surface area contributed by atoms with Crippen molar-refractivity contribution in [2.45, 2.75) is 110 Å². The van der Waals surface area contributed by atoms with Crippen molar-refractivity contribution in [1.29, 1.82) is 0 Å². The Labute approximate surface area is 161 Å². The topological polar surface area (TPSA) is 26.3 Å². The molecule has 0 saturated heterocycles. The van der Waals surface area contributed by atoms with Crippen LogP contribution in [-0.4, -0.2) is 5.97 Å². The summed E-state index contributed by atoms with van der Waals surface area (Å²) in [6, 6.07) is 8.07. The fourth-order valence-corrected chi connectivity index (χ4v) is 3.29. The van der Waals surface area contributed by atoms with E-state index in [4.69, 9.17) is 4.74 Å². The Balaban J connectivity index is 1.85. The van der Waals surface area contributed by atoms with Crippen molar-refractivity contribution in [1.82, 2.24) is 0 Å². The predicted octanol–water partition coefficient (Wildman–Crippen LogP) is 7.52. The Morgan fingerprint density at radius 3 is 1.81 bits per heavy atom. The van der Waals surface area contributed by atoms with Crippen molar-refractivity contribution < 1.29 is 9.53 Å². The Kier molecular flexibility index (Phi) is 13.9. The van der Waals surface area contributed by atoms with Crippen LogP contribution in [0.4, 0.5) is 0 Å². The average molecular weight is 361 g/mol. The third kappa shape index (κ3) is 12.1. The lowest BCUT2D eigenvalue weighted by Crippen LogP contribution is -2.05. The highest BCUT2D eigenvalue weighted by molar-refractivity contribution is 5.69. The molecule has 1 aromatic rings. The lowest BCUT2D eigenvalue weighted by Gasteiger charge is -2.07. The second kappa shape index (κ2) is 15.9. The van der Waals surface area contributed by atoms with Gasteiger partial charge in [-0.2, -0.15) is 0 Å². The van der Waals surface area contributed by atoms with Crippen molar-refractivity contribution in [2.24, 2.45) is 0 Å². The van der Waals surface area contributed by atoms with E-state index < -0.39 is 0 Å². The maximum Gasteiger partial charge on any atom is 0.306 e. The second-order valence-electron chi connectivity index (χ2n) is 7.58. The van der Waals surface area contributed by atoms with E-state index in [2.05, 4.69) is 19.9 Å². The molecule has 0 aliphatic carbocycles. The van der Waals surface area contributed by atoms with Crippen LogP contribution in [0.15, 0.2) is 24.3 Å². The number of aryl methyl sites for hydroxylation is 1. The van der Waals surface area contributed by atoms with Crippen LogP contribution in [-0.2, 0) is 16.1 Å². The van der Waals surface area contributed by atoms with Crippen molar-refractivity contribution in [2.75, 3.05) is 0 Å². The summed E-state index contributed by atoms with van der Waals surface area (Å²) in [5.41, 5.74) is 2.28. The van der Waals surface area contributed by atoms with Gasteiger partial charge in [0.15, 0.2) is 0 Å². The van der Waals surface area contributed by atoms with E-state index in [1.54, 1.807) is 0 Å². The highest BCUT2D eigenvalue weighted by atomic mass is 16.5. The minimum atomic E-state index is -0.0590. The van der Waals surface area contributed by atoms with Gasteiger partial charge in [0.1, 0.15) is 6.61 Å². The molecule has 1 aromatic carbocycles. The number of hydrogen-bond acceptors (Lipinski definition) is 2. The maximum absolute atomic E-state index is 11.8. The minimum absolute atomic E-state index is 0.0590. The first kappa shape index (κ1) is 22.7. The van der Waals surface area contributed by atoms with E-state index in [0.29, 0.717) is 13.0 Å². The molecular formula is C24H40O2. The number of carbonyl (C=O) groups is 1. The molecule has 0 heterocycles. The van der Waals surface area contributed by atoms with Crippen LogP contribution in [0.1, 0.15) is 108 Å². The monoisotopic (exact) mass is 360 g/mol. The first-order chi connectivity index (χ1) is 12.7. The normalized spacial score (nSPS) is 10.8. The minimum Gasteiger partial charge on any atom is -0.461 e. The fraction of sp³-hybridized carbons (Fsp3) is 0.708. The number of benzene rings is 1. The summed E-state index contributed by atoms with van der Waals surface area (Å²) in [6.45, 7) is 4.73. The molecule has 26 heavy (non-hydrogen) atoms. The van der Waals surface area contributed by atoms with Crippen LogP contribution >= 0.6 is 0 Å². The summed E-state index contributed by atoms with van der Waals surface area (Å²) >= 11 is 0. The third-order valence-corrected chi connectivity index (χ3v) is 5.13. The highest BCUT2D eigenvalue weighted by Gasteiger charge is 2.04. The molecule has 148 valence electrons. The van der Waals surface area contributed by atoms with Gasteiger partial charge < -0.3 is 4.74 Å². The van der Waals surface area contributed by atoms with Crippen LogP contribution in [0.2, 0.25) is 0 Å². The Bertz CT molecular complexity index is 467. The van der Waals surface area contributed by atoms with Crippen molar-refractivity contribution in [3.8, 4) is 0 Å². The highest BCUT2D eigenvalue weighted by Crippen LogP contribution is 2.13. The molecule has 2 heteroatoms. The smallest absolute Gasteiger partial charge is 0.306 e. The molecule has 0 unspecified atom stereocenters. The van der Waals surface area contributed by atoms with Gasteiger partial charge in [0.05, 0.1) is 0 Å². The molecule has 2 nitrogen and oxygen atoms in total. The average Bonchev–Trinajstić information content (AvgIpc) is 2.65. The van der Waals surface area contributed by atoms with Gasteiger partial charge in [-0.15, -0.1) is 0 Å². The first-order valence-corrected chi connectivity index (χ1v) is 10.9. The summed E-state index contributed by atoms with van der Waals surface area (Å²) < 4.78 is 5.38. The van der Waals surface area contributed by atoms with E-state index in [-0.39, 0.29) is 5.97 Å². The molecule has 0 aromatic heterocycles. The van der Waals surface area contributed by atoms with Crippen LogP contribution in [0.25, 0.3) is 0 Å². The zero-order valence-corrected chi connectivity index (χ0v) is 17.2. The van der Waals surface area contributed by atoms with Gasteiger partial charge in [-0.25, -0.2) is 0 Å². The zero-order chi connectivity index (χ0) is 18.9. The summed E-state index contributed by atoms with van der Waals surface area (Å²) in [7, 11) is 0. The number of hydrogen-bond donors (Lipinski definition) is 0. The van der Waals surface area contributed by atoms with Crippen molar-refractivity contribution >= 4 is 5.97 Å². The SMILES string of the molecule is CCCCCCCCCCCCCCCC(=O)OCc1ccccc1C. The van der Waals surface area contributed by atoms with Gasteiger partial charge in [-0.1, -0.05) is 108 Å². The molecular weight excluding hydrogens is 320 g/mol. The molecule has 0 saturated carbocycles. The maximum atomic E-state index is 11.8. The summed E-state index contributed by atoms with van der Waals surface area (Å²) in [5, 5.41) is 0. The van der Waals surface area contributed by atoms with E-state index in [9.17, 15) is 4.79 Å². The number of carbonyl (C=O) groups excluding carboxylic acids is 1. The summed E-state index contributed by atoms with van der Waals surface area (Å²) in [4.78, 5) is 11.8. The molecule has 0 bridgehead atoms. The Morgan fingerprint density at radius 1 is 0.769 bits per heavy atom. The summed E-state index contributed by atoms with van der Waals surface area (Å²) in [5.74, 6) is -0.0590. The number of esters is 1. The second-order valence-corrected chi connectivity index (χ2v) is 7.58.